The van der Waals surface area contributed by atoms with Crippen molar-refractivity contribution in [2.45, 2.75) is 45.1 Å². The highest BCUT2D eigenvalue weighted by molar-refractivity contribution is 5.87. The van der Waals surface area contributed by atoms with Crippen molar-refractivity contribution in [1.29, 1.82) is 0 Å². The van der Waals surface area contributed by atoms with E-state index < -0.39 is 11.9 Å². The number of aryl methyl sites for hydroxylation is 1. The van der Waals surface area contributed by atoms with Crippen LogP contribution in [0.1, 0.15) is 48.9 Å². The molecule has 2 atom stereocenters. The molecule has 0 amide bonds. The number of benzene rings is 2. The zero-order valence-electron chi connectivity index (χ0n) is 16.8. The summed E-state index contributed by atoms with van der Waals surface area (Å²) < 4.78 is 21.5. The Bertz CT molecular complexity index is 1040. The van der Waals surface area contributed by atoms with E-state index in [0.29, 0.717) is 13.0 Å². The van der Waals surface area contributed by atoms with Crippen LogP contribution in [0.25, 0.3) is 10.9 Å². The van der Waals surface area contributed by atoms with E-state index in [1.54, 1.807) is 13.2 Å². The summed E-state index contributed by atoms with van der Waals surface area (Å²) in [6, 6.07) is 12.8. The van der Waals surface area contributed by atoms with Gasteiger partial charge in [0.1, 0.15) is 11.6 Å². The van der Waals surface area contributed by atoms with Crippen LogP contribution in [0.5, 0.6) is 5.75 Å². The Kier molecular flexibility index (Phi) is 5.31. The number of methoxy groups -OCH3 is 1. The number of hydrogen-bond acceptors (Lipinski definition) is 2. The van der Waals surface area contributed by atoms with Gasteiger partial charge in [-0.25, -0.2) is 4.39 Å². The van der Waals surface area contributed by atoms with Gasteiger partial charge in [-0.1, -0.05) is 19.1 Å². The van der Waals surface area contributed by atoms with Gasteiger partial charge in [-0.15, -0.1) is 0 Å². The van der Waals surface area contributed by atoms with Crippen molar-refractivity contribution in [3.8, 4) is 5.75 Å². The minimum atomic E-state index is -0.752. The smallest absolute Gasteiger partial charge is 0.307 e. The fourth-order valence-electron chi connectivity index (χ4n) is 4.85. The van der Waals surface area contributed by atoms with E-state index >= 15 is 0 Å². The summed E-state index contributed by atoms with van der Waals surface area (Å²) >= 11 is 0. The first-order valence-corrected chi connectivity index (χ1v) is 10.2. The zero-order valence-corrected chi connectivity index (χ0v) is 16.8. The third kappa shape index (κ3) is 3.50. The largest absolute Gasteiger partial charge is 0.497 e. The number of hydrogen-bond donors (Lipinski definition) is 1. The molecule has 0 fully saturated rings. The van der Waals surface area contributed by atoms with Crippen molar-refractivity contribution in [1.82, 2.24) is 4.57 Å². The van der Waals surface area contributed by atoms with Crippen LogP contribution in [0.3, 0.4) is 0 Å². The summed E-state index contributed by atoms with van der Waals surface area (Å²) in [6.07, 6.45) is 3.22. The molecule has 1 aliphatic rings. The van der Waals surface area contributed by atoms with Crippen LogP contribution in [0.15, 0.2) is 42.5 Å². The van der Waals surface area contributed by atoms with Crippen molar-refractivity contribution >= 4 is 16.9 Å². The van der Waals surface area contributed by atoms with Gasteiger partial charge in [-0.2, -0.15) is 0 Å². The first-order valence-electron chi connectivity index (χ1n) is 10.2. The molecule has 29 heavy (non-hydrogen) atoms. The number of halogens is 1. The van der Waals surface area contributed by atoms with Gasteiger partial charge in [0.05, 0.1) is 13.0 Å². The molecule has 1 aromatic heterocycles. The Labute approximate surface area is 169 Å². The third-order valence-electron chi connectivity index (χ3n) is 6.21. The third-order valence-corrected chi connectivity index (χ3v) is 6.21. The van der Waals surface area contributed by atoms with Gasteiger partial charge in [0.25, 0.3) is 0 Å². The Morgan fingerprint density at radius 3 is 2.69 bits per heavy atom. The van der Waals surface area contributed by atoms with Gasteiger partial charge < -0.3 is 14.4 Å². The number of ether oxygens (including phenoxy) is 1. The monoisotopic (exact) mass is 395 g/mol. The van der Waals surface area contributed by atoms with Crippen LogP contribution in [-0.4, -0.2) is 22.8 Å². The fraction of sp³-hybridized carbons (Fsp3) is 0.375. The molecule has 0 saturated heterocycles. The average Bonchev–Trinajstić information content (AvgIpc) is 3.02. The highest BCUT2D eigenvalue weighted by Crippen LogP contribution is 2.43. The molecule has 152 valence electrons. The van der Waals surface area contributed by atoms with Gasteiger partial charge >= 0.3 is 5.97 Å². The van der Waals surface area contributed by atoms with Crippen molar-refractivity contribution in [2.24, 2.45) is 5.92 Å². The topological polar surface area (TPSA) is 51.5 Å². The van der Waals surface area contributed by atoms with Gasteiger partial charge in [0, 0.05) is 29.1 Å². The van der Waals surface area contributed by atoms with E-state index in [1.807, 2.05) is 37.3 Å². The number of nitrogens with zero attached hydrogens (tertiary/aromatic N) is 1. The molecule has 0 bridgehead atoms. The average molecular weight is 395 g/mol. The van der Waals surface area contributed by atoms with Crippen LogP contribution in [0.4, 0.5) is 4.39 Å². The number of carboxylic acid groups (broad SMARTS) is 1. The number of rotatable bonds is 6. The second kappa shape index (κ2) is 7.90. The molecule has 1 heterocycles. The number of carboxylic acids is 1. The summed E-state index contributed by atoms with van der Waals surface area (Å²) in [5.74, 6) is -0.704. The van der Waals surface area contributed by atoms with Crippen LogP contribution in [-0.2, 0) is 17.8 Å². The van der Waals surface area contributed by atoms with Crippen LogP contribution in [0.2, 0.25) is 0 Å². The van der Waals surface area contributed by atoms with E-state index in [0.717, 1.165) is 52.7 Å². The summed E-state index contributed by atoms with van der Waals surface area (Å²) in [5, 5.41) is 10.7. The van der Waals surface area contributed by atoms with Gasteiger partial charge in [0.2, 0.25) is 0 Å². The second-order valence-corrected chi connectivity index (χ2v) is 7.81. The van der Waals surface area contributed by atoms with Crippen LogP contribution in [0, 0.1) is 11.7 Å². The molecule has 0 saturated carbocycles. The summed E-state index contributed by atoms with van der Waals surface area (Å²) in [7, 11) is 1.64. The van der Waals surface area contributed by atoms with Crippen LogP contribution >= 0.6 is 0 Å². The highest BCUT2D eigenvalue weighted by Gasteiger charge is 2.35. The maximum absolute atomic E-state index is 14.1. The number of aromatic nitrogens is 1. The standard InChI is InChI=1S/C24H26FNO3/c1-3-18(24(27)28)19-5-4-6-20-21-13-16(25)9-12-22(21)26(23(19)20)14-15-7-10-17(29-2)11-8-15/h7-13,18-19H,3-6,14H2,1-2H3,(H,27,28). The van der Waals surface area contributed by atoms with Gasteiger partial charge in [-0.05, 0) is 67.1 Å². The van der Waals surface area contributed by atoms with E-state index in [2.05, 4.69) is 4.57 Å². The minimum absolute atomic E-state index is 0.0602. The molecule has 0 spiro atoms. The lowest BCUT2D eigenvalue weighted by atomic mass is 9.77. The molecule has 2 unspecified atom stereocenters. The molecule has 4 rings (SSSR count). The summed E-state index contributed by atoms with van der Waals surface area (Å²) in [4.78, 5) is 12.0. The van der Waals surface area contributed by atoms with Crippen molar-refractivity contribution in [2.75, 3.05) is 7.11 Å². The lowest BCUT2D eigenvalue weighted by Gasteiger charge is -2.30. The first kappa shape index (κ1) is 19.5. The first-order chi connectivity index (χ1) is 14.0. The van der Waals surface area contributed by atoms with E-state index in [4.69, 9.17) is 4.74 Å². The molecule has 5 heteroatoms. The molecule has 1 N–H and O–H groups in total. The summed E-state index contributed by atoms with van der Waals surface area (Å²) in [6.45, 7) is 2.55. The van der Waals surface area contributed by atoms with Crippen molar-refractivity contribution < 1.29 is 19.0 Å². The van der Waals surface area contributed by atoms with Crippen molar-refractivity contribution in [3.05, 3.63) is 65.1 Å². The lowest BCUT2D eigenvalue weighted by molar-refractivity contribution is -0.142. The Morgan fingerprint density at radius 1 is 1.28 bits per heavy atom. The molecule has 0 radical (unpaired) electrons. The van der Waals surface area contributed by atoms with Crippen LogP contribution < -0.4 is 4.74 Å². The lowest BCUT2D eigenvalue weighted by Crippen LogP contribution is -2.27. The Hall–Kier alpha value is -2.82. The maximum atomic E-state index is 14.1. The number of carbonyl (C=O) groups is 1. The summed E-state index contributed by atoms with van der Waals surface area (Å²) in [5.41, 5.74) is 4.26. The van der Waals surface area contributed by atoms with E-state index in [9.17, 15) is 14.3 Å². The molecule has 1 aliphatic carbocycles. The molecule has 3 aromatic rings. The molecular weight excluding hydrogens is 369 g/mol. The molecule has 0 aliphatic heterocycles. The number of fused-ring (bicyclic) bond motifs is 3. The Morgan fingerprint density at radius 2 is 2.03 bits per heavy atom. The molecular formula is C24H26FNO3. The highest BCUT2D eigenvalue weighted by atomic mass is 19.1. The van der Waals surface area contributed by atoms with E-state index in [1.165, 1.54) is 6.07 Å². The quantitative estimate of drug-likeness (QED) is 0.611. The zero-order chi connectivity index (χ0) is 20.5. The molecule has 2 aromatic carbocycles. The fourth-order valence-corrected chi connectivity index (χ4v) is 4.85. The van der Waals surface area contributed by atoms with Crippen molar-refractivity contribution in [3.63, 3.8) is 0 Å². The normalized spacial score (nSPS) is 17.1. The SMILES string of the molecule is CCC(C(=O)O)C1CCCc2c1n(Cc1ccc(OC)cc1)c1ccc(F)cc21. The minimum Gasteiger partial charge on any atom is -0.497 e. The van der Waals surface area contributed by atoms with E-state index in [-0.39, 0.29) is 11.7 Å². The second-order valence-electron chi connectivity index (χ2n) is 7.81. The molecule has 4 nitrogen and oxygen atoms in total. The Balaban J connectivity index is 1.88. The predicted molar refractivity (Wildman–Crippen MR) is 111 cm³/mol. The van der Waals surface area contributed by atoms with Gasteiger partial charge in [-0.3, -0.25) is 4.79 Å². The maximum Gasteiger partial charge on any atom is 0.307 e. The number of aliphatic carboxylic acids is 1. The van der Waals surface area contributed by atoms with Gasteiger partial charge in [0.15, 0.2) is 0 Å². The predicted octanol–water partition coefficient (Wildman–Crippen LogP) is 5.37.